The highest BCUT2D eigenvalue weighted by Gasteiger charge is 2.19. The average molecular weight is 209 g/mol. The molecule has 0 bridgehead atoms. The zero-order valence-electron chi connectivity index (χ0n) is 10.4. The topological polar surface area (TPSA) is 20.3 Å². The number of rotatable bonds is 3. The molecule has 0 atom stereocenters. The predicted molar refractivity (Wildman–Crippen MR) is 63.6 cm³/mol. The summed E-state index contributed by atoms with van der Waals surface area (Å²) in [5.74, 6) is 1.18. The van der Waals surface area contributed by atoms with E-state index in [-0.39, 0.29) is 0 Å². The van der Waals surface area contributed by atoms with E-state index in [4.69, 9.17) is 0 Å². The van der Waals surface area contributed by atoms with Crippen molar-refractivity contribution in [3.05, 3.63) is 11.1 Å². The molecular formula is C13H23NO. The van der Waals surface area contributed by atoms with Crippen LogP contribution in [0.5, 0.6) is 0 Å². The molecule has 2 heteroatoms. The van der Waals surface area contributed by atoms with E-state index in [2.05, 4.69) is 27.7 Å². The van der Waals surface area contributed by atoms with Gasteiger partial charge in [0, 0.05) is 13.1 Å². The van der Waals surface area contributed by atoms with E-state index in [1.54, 1.807) is 5.57 Å². The summed E-state index contributed by atoms with van der Waals surface area (Å²) in [7, 11) is 0. The zero-order valence-corrected chi connectivity index (χ0v) is 10.4. The van der Waals surface area contributed by atoms with Gasteiger partial charge in [0.1, 0.15) is 0 Å². The van der Waals surface area contributed by atoms with Gasteiger partial charge < -0.3 is 4.90 Å². The molecule has 1 amide bonds. The number of carbonyl (C=O) groups excluding carboxylic acids is 1. The van der Waals surface area contributed by atoms with Gasteiger partial charge in [0.25, 0.3) is 0 Å². The van der Waals surface area contributed by atoms with Gasteiger partial charge in [-0.2, -0.15) is 0 Å². The van der Waals surface area contributed by atoms with E-state index in [0.29, 0.717) is 11.8 Å². The molecule has 1 aliphatic rings. The molecule has 0 aromatic carbocycles. The molecule has 0 saturated carbocycles. The Hall–Kier alpha value is -0.790. The van der Waals surface area contributed by atoms with Crippen molar-refractivity contribution in [3.8, 4) is 0 Å². The fraction of sp³-hybridized carbons (Fsp3) is 0.769. The zero-order chi connectivity index (χ0) is 11.4. The Morgan fingerprint density at radius 3 is 2.20 bits per heavy atom. The summed E-state index contributed by atoms with van der Waals surface area (Å²) in [6.07, 6.45) is 3.27. The van der Waals surface area contributed by atoms with Crippen LogP contribution in [0.1, 0.15) is 40.5 Å². The maximum atomic E-state index is 10.9. The van der Waals surface area contributed by atoms with E-state index < -0.39 is 0 Å². The molecule has 1 rings (SSSR count). The van der Waals surface area contributed by atoms with Crippen LogP contribution in [0.25, 0.3) is 0 Å². The van der Waals surface area contributed by atoms with Gasteiger partial charge >= 0.3 is 0 Å². The normalized spacial score (nSPS) is 18.7. The summed E-state index contributed by atoms with van der Waals surface area (Å²) in [5, 5.41) is 0. The summed E-state index contributed by atoms with van der Waals surface area (Å²) in [6, 6.07) is 0. The van der Waals surface area contributed by atoms with Crippen LogP contribution in [0.4, 0.5) is 0 Å². The molecule has 86 valence electrons. The van der Waals surface area contributed by atoms with Crippen molar-refractivity contribution in [2.24, 2.45) is 11.8 Å². The van der Waals surface area contributed by atoms with Gasteiger partial charge in [0.05, 0.1) is 0 Å². The van der Waals surface area contributed by atoms with E-state index >= 15 is 0 Å². The third-order valence-corrected chi connectivity index (χ3v) is 3.22. The second-order valence-electron chi connectivity index (χ2n) is 5.04. The summed E-state index contributed by atoms with van der Waals surface area (Å²) < 4.78 is 0. The van der Waals surface area contributed by atoms with Crippen LogP contribution in [0.2, 0.25) is 0 Å². The smallest absolute Gasteiger partial charge is 0.209 e. The Balaban J connectivity index is 2.95. The van der Waals surface area contributed by atoms with Crippen molar-refractivity contribution in [2.45, 2.75) is 40.5 Å². The number of carbonyl (C=O) groups is 1. The molecule has 1 aliphatic heterocycles. The first-order chi connectivity index (χ1) is 7.06. The van der Waals surface area contributed by atoms with Crippen LogP contribution < -0.4 is 0 Å². The Morgan fingerprint density at radius 1 is 1.13 bits per heavy atom. The van der Waals surface area contributed by atoms with Crippen LogP contribution in [0.15, 0.2) is 11.1 Å². The molecule has 0 fully saturated rings. The molecule has 0 radical (unpaired) electrons. The molecule has 1 heterocycles. The average Bonchev–Trinajstić information content (AvgIpc) is 2.38. The summed E-state index contributed by atoms with van der Waals surface area (Å²) in [4.78, 5) is 12.8. The Bertz CT molecular complexity index is 253. The maximum Gasteiger partial charge on any atom is 0.209 e. The van der Waals surface area contributed by atoms with Crippen molar-refractivity contribution in [1.29, 1.82) is 0 Å². The second kappa shape index (κ2) is 5.34. The molecule has 0 spiro atoms. The minimum atomic E-state index is 0.558. The van der Waals surface area contributed by atoms with Crippen molar-refractivity contribution < 1.29 is 4.79 Å². The summed E-state index contributed by atoms with van der Waals surface area (Å²) in [6.45, 7) is 10.7. The van der Waals surface area contributed by atoms with E-state index in [0.717, 1.165) is 32.3 Å². The second-order valence-corrected chi connectivity index (χ2v) is 5.04. The van der Waals surface area contributed by atoms with Gasteiger partial charge in [0.15, 0.2) is 0 Å². The van der Waals surface area contributed by atoms with Crippen molar-refractivity contribution in [2.75, 3.05) is 13.1 Å². The van der Waals surface area contributed by atoms with Crippen molar-refractivity contribution in [1.82, 2.24) is 4.90 Å². The molecule has 15 heavy (non-hydrogen) atoms. The van der Waals surface area contributed by atoms with Gasteiger partial charge in [-0.15, -0.1) is 0 Å². The fourth-order valence-electron chi connectivity index (χ4n) is 2.34. The molecule has 0 aliphatic carbocycles. The SMILES string of the molecule is CC(C)C1=C(C(C)C)CN(C=O)CCC1. The number of hydrogen-bond acceptors (Lipinski definition) is 1. The molecular weight excluding hydrogens is 186 g/mol. The lowest BCUT2D eigenvalue weighted by atomic mass is 9.88. The first kappa shape index (κ1) is 12.3. The number of hydrogen-bond donors (Lipinski definition) is 0. The maximum absolute atomic E-state index is 10.9. The van der Waals surface area contributed by atoms with Crippen molar-refractivity contribution in [3.63, 3.8) is 0 Å². The lowest BCUT2D eigenvalue weighted by Gasteiger charge is -2.21. The first-order valence-corrected chi connectivity index (χ1v) is 5.97. The van der Waals surface area contributed by atoms with Crippen LogP contribution in [0, 0.1) is 11.8 Å². The lowest BCUT2D eigenvalue weighted by Crippen LogP contribution is -2.25. The molecule has 0 aromatic heterocycles. The highest BCUT2D eigenvalue weighted by molar-refractivity contribution is 5.48. The fourth-order valence-corrected chi connectivity index (χ4v) is 2.34. The third kappa shape index (κ3) is 3.08. The number of nitrogens with zero attached hydrogens (tertiary/aromatic N) is 1. The van der Waals surface area contributed by atoms with Crippen molar-refractivity contribution >= 4 is 6.41 Å². The standard InChI is InChI=1S/C13H23NO/c1-10(2)12-6-5-7-14(9-15)8-13(12)11(3)4/h9-11H,5-8H2,1-4H3. The van der Waals surface area contributed by atoms with E-state index in [9.17, 15) is 4.79 Å². The summed E-state index contributed by atoms with van der Waals surface area (Å²) >= 11 is 0. The minimum absolute atomic E-state index is 0.558. The van der Waals surface area contributed by atoms with Crippen LogP contribution in [-0.4, -0.2) is 24.4 Å². The highest BCUT2D eigenvalue weighted by atomic mass is 16.1. The first-order valence-electron chi connectivity index (χ1n) is 5.97. The van der Waals surface area contributed by atoms with Gasteiger partial charge in [0.2, 0.25) is 6.41 Å². The quantitative estimate of drug-likeness (QED) is 0.517. The molecule has 2 nitrogen and oxygen atoms in total. The summed E-state index contributed by atoms with van der Waals surface area (Å²) in [5.41, 5.74) is 3.06. The van der Waals surface area contributed by atoms with Gasteiger partial charge in [-0.25, -0.2) is 0 Å². The Morgan fingerprint density at radius 2 is 1.73 bits per heavy atom. The third-order valence-electron chi connectivity index (χ3n) is 3.22. The molecule has 0 unspecified atom stereocenters. The van der Waals surface area contributed by atoms with Gasteiger partial charge in [-0.1, -0.05) is 33.3 Å². The minimum Gasteiger partial charge on any atom is -0.341 e. The number of amides is 1. The van der Waals surface area contributed by atoms with Gasteiger partial charge in [-0.05, 0) is 30.3 Å². The molecule has 0 N–H and O–H groups in total. The monoisotopic (exact) mass is 209 g/mol. The van der Waals surface area contributed by atoms with Crippen LogP contribution in [-0.2, 0) is 4.79 Å². The Kier molecular flexibility index (Phi) is 4.37. The molecule has 0 saturated heterocycles. The predicted octanol–water partition coefficient (Wildman–Crippen LogP) is 2.85. The van der Waals surface area contributed by atoms with Gasteiger partial charge in [-0.3, -0.25) is 4.79 Å². The van der Waals surface area contributed by atoms with Crippen LogP contribution in [0.3, 0.4) is 0 Å². The largest absolute Gasteiger partial charge is 0.341 e. The van der Waals surface area contributed by atoms with Crippen LogP contribution >= 0.6 is 0 Å². The Labute approximate surface area is 93.3 Å². The number of allylic oxidation sites excluding steroid dienone is 1. The van der Waals surface area contributed by atoms with E-state index in [1.807, 2.05) is 4.90 Å². The highest BCUT2D eigenvalue weighted by Crippen LogP contribution is 2.28. The van der Waals surface area contributed by atoms with E-state index in [1.165, 1.54) is 5.57 Å². The lowest BCUT2D eigenvalue weighted by molar-refractivity contribution is -0.117. The molecule has 0 aromatic rings.